The van der Waals surface area contributed by atoms with E-state index in [2.05, 4.69) is 36.5 Å². The summed E-state index contributed by atoms with van der Waals surface area (Å²) in [5.74, 6) is 0. The fraction of sp³-hybridized carbons (Fsp3) is 0.571. The van der Waals surface area contributed by atoms with Crippen molar-refractivity contribution in [3.05, 3.63) is 35.4 Å². The van der Waals surface area contributed by atoms with Gasteiger partial charge in [-0.3, -0.25) is 0 Å². The van der Waals surface area contributed by atoms with Crippen molar-refractivity contribution < 1.29 is 9.47 Å². The minimum Gasteiger partial charge on any atom is -0.382 e. The third kappa shape index (κ3) is 2.86. The molecule has 3 nitrogen and oxygen atoms in total. The summed E-state index contributed by atoms with van der Waals surface area (Å²) in [4.78, 5) is 0. The molecule has 1 aliphatic rings. The first kappa shape index (κ1) is 12.6. The van der Waals surface area contributed by atoms with Crippen molar-refractivity contribution in [1.82, 2.24) is 5.32 Å². The van der Waals surface area contributed by atoms with Gasteiger partial charge in [0.25, 0.3) is 0 Å². The van der Waals surface area contributed by atoms with Crippen LogP contribution in [0.5, 0.6) is 0 Å². The van der Waals surface area contributed by atoms with E-state index in [4.69, 9.17) is 9.47 Å². The fourth-order valence-corrected chi connectivity index (χ4v) is 2.46. The molecule has 3 heteroatoms. The number of methoxy groups -OCH3 is 1. The molecule has 1 aromatic rings. The lowest BCUT2D eigenvalue weighted by Gasteiger charge is -2.21. The Labute approximate surface area is 103 Å². The molecule has 0 bridgehead atoms. The minimum absolute atomic E-state index is 0.238. The summed E-state index contributed by atoms with van der Waals surface area (Å²) >= 11 is 0. The molecule has 0 aliphatic heterocycles. The summed E-state index contributed by atoms with van der Waals surface area (Å²) in [7, 11) is 1.70. The summed E-state index contributed by atoms with van der Waals surface area (Å²) in [5, 5.41) is 3.51. The highest BCUT2D eigenvalue weighted by Gasteiger charge is 2.31. The van der Waals surface area contributed by atoms with Crippen molar-refractivity contribution in [2.24, 2.45) is 0 Å². The molecule has 2 atom stereocenters. The third-order valence-corrected chi connectivity index (χ3v) is 3.23. The average molecular weight is 235 g/mol. The van der Waals surface area contributed by atoms with Crippen LogP contribution in [0.1, 0.15) is 24.1 Å². The topological polar surface area (TPSA) is 30.5 Å². The molecule has 0 amide bonds. The second-order valence-electron chi connectivity index (χ2n) is 4.34. The van der Waals surface area contributed by atoms with Crippen molar-refractivity contribution in [2.75, 3.05) is 26.9 Å². The normalized spacial score (nSPS) is 22.7. The number of benzene rings is 1. The third-order valence-electron chi connectivity index (χ3n) is 3.23. The molecule has 0 fully saturated rings. The minimum atomic E-state index is 0.238. The number of rotatable bonds is 6. The van der Waals surface area contributed by atoms with Crippen LogP contribution in [0, 0.1) is 0 Å². The predicted molar refractivity (Wildman–Crippen MR) is 68.2 cm³/mol. The van der Waals surface area contributed by atoms with Gasteiger partial charge >= 0.3 is 0 Å². The van der Waals surface area contributed by atoms with Gasteiger partial charge in [0.2, 0.25) is 0 Å². The molecule has 0 spiro atoms. The quantitative estimate of drug-likeness (QED) is 0.764. The van der Waals surface area contributed by atoms with E-state index in [1.54, 1.807) is 7.11 Å². The van der Waals surface area contributed by atoms with Crippen LogP contribution in [0.4, 0.5) is 0 Å². The second-order valence-corrected chi connectivity index (χ2v) is 4.34. The van der Waals surface area contributed by atoms with Crippen LogP contribution >= 0.6 is 0 Å². The van der Waals surface area contributed by atoms with E-state index in [0.29, 0.717) is 19.3 Å². The number of hydrogen-bond donors (Lipinski definition) is 1. The molecular weight excluding hydrogens is 214 g/mol. The van der Waals surface area contributed by atoms with E-state index >= 15 is 0 Å². The highest BCUT2D eigenvalue weighted by Crippen LogP contribution is 2.33. The van der Waals surface area contributed by atoms with Crippen molar-refractivity contribution in [1.29, 1.82) is 0 Å². The molecule has 1 N–H and O–H groups in total. The van der Waals surface area contributed by atoms with Gasteiger partial charge in [0.05, 0.1) is 25.4 Å². The molecule has 0 heterocycles. The first-order valence-corrected chi connectivity index (χ1v) is 6.28. The van der Waals surface area contributed by atoms with Gasteiger partial charge in [-0.25, -0.2) is 0 Å². The number of fused-ring (bicyclic) bond motifs is 1. The summed E-state index contributed by atoms with van der Waals surface area (Å²) in [6.45, 7) is 4.42. The van der Waals surface area contributed by atoms with Crippen LogP contribution in [0.2, 0.25) is 0 Å². The molecule has 1 aromatic carbocycles. The van der Waals surface area contributed by atoms with E-state index in [1.165, 1.54) is 11.1 Å². The lowest BCUT2D eigenvalue weighted by Crippen LogP contribution is -2.31. The lowest BCUT2D eigenvalue weighted by atomic mass is 10.1. The number of likely N-dealkylation sites (N-methyl/N-ethyl adjacent to an activating group) is 1. The molecule has 0 aromatic heterocycles. The van der Waals surface area contributed by atoms with Crippen LogP contribution in [0.3, 0.4) is 0 Å². The van der Waals surface area contributed by atoms with Crippen LogP contribution in [-0.4, -0.2) is 33.0 Å². The summed E-state index contributed by atoms with van der Waals surface area (Å²) < 4.78 is 10.9. The largest absolute Gasteiger partial charge is 0.382 e. The Kier molecular flexibility index (Phi) is 4.54. The Morgan fingerprint density at radius 3 is 2.88 bits per heavy atom. The molecule has 0 radical (unpaired) electrons. The van der Waals surface area contributed by atoms with Crippen LogP contribution in [0.25, 0.3) is 0 Å². The van der Waals surface area contributed by atoms with E-state index < -0.39 is 0 Å². The monoisotopic (exact) mass is 235 g/mol. The first-order valence-electron chi connectivity index (χ1n) is 6.28. The molecule has 2 rings (SSSR count). The van der Waals surface area contributed by atoms with E-state index in [9.17, 15) is 0 Å². The average Bonchev–Trinajstić information content (AvgIpc) is 2.69. The van der Waals surface area contributed by atoms with Crippen LogP contribution < -0.4 is 5.32 Å². The fourth-order valence-electron chi connectivity index (χ4n) is 2.46. The Morgan fingerprint density at radius 1 is 1.29 bits per heavy atom. The Bertz CT molecular complexity index is 354. The summed E-state index contributed by atoms with van der Waals surface area (Å²) in [5.41, 5.74) is 2.79. The van der Waals surface area contributed by atoms with Gasteiger partial charge in [0.1, 0.15) is 0 Å². The zero-order valence-corrected chi connectivity index (χ0v) is 10.6. The van der Waals surface area contributed by atoms with E-state index in [-0.39, 0.29) is 6.10 Å². The smallest absolute Gasteiger partial charge is 0.0811 e. The van der Waals surface area contributed by atoms with Crippen molar-refractivity contribution in [3.63, 3.8) is 0 Å². The highest BCUT2D eigenvalue weighted by molar-refractivity contribution is 5.36. The number of hydrogen-bond acceptors (Lipinski definition) is 3. The second kappa shape index (κ2) is 6.15. The van der Waals surface area contributed by atoms with Gasteiger partial charge in [-0.1, -0.05) is 31.2 Å². The molecule has 1 aliphatic carbocycles. The lowest BCUT2D eigenvalue weighted by molar-refractivity contribution is 0.00459. The molecule has 17 heavy (non-hydrogen) atoms. The van der Waals surface area contributed by atoms with Gasteiger partial charge < -0.3 is 14.8 Å². The van der Waals surface area contributed by atoms with Crippen LogP contribution in [-0.2, 0) is 15.9 Å². The van der Waals surface area contributed by atoms with E-state index in [1.807, 2.05) is 0 Å². The molecule has 2 unspecified atom stereocenters. The zero-order valence-electron chi connectivity index (χ0n) is 10.6. The zero-order chi connectivity index (χ0) is 12.1. The Morgan fingerprint density at radius 2 is 2.12 bits per heavy atom. The SMILES string of the molecule is CCNC1c2ccccc2CC1OCCOC. The molecular formula is C14H21NO2. The maximum atomic E-state index is 5.90. The summed E-state index contributed by atoms with van der Waals surface area (Å²) in [6.07, 6.45) is 1.24. The maximum absolute atomic E-state index is 5.90. The van der Waals surface area contributed by atoms with Crippen LogP contribution in [0.15, 0.2) is 24.3 Å². The predicted octanol–water partition coefficient (Wildman–Crippen LogP) is 1.92. The van der Waals surface area contributed by atoms with Gasteiger partial charge in [0.15, 0.2) is 0 Å². The van der Waals surface area contributed by atoms with Gasteiger partial charge in [0, 0.05) is 13.5 Å². The Balaban J connectivity index is 2.04. The van der Waals surface area contributed by atoms with E-state index in [0.717, 1.165) is 13.0 Å². The van der Waals surface area contributed by atoms with Gasteiger partial charge in [-0.15, -0.1) is 0 Å². The first-order chi connectivity index (χ1) is 8.36. The standard InChI is InChI=1S/C14H21NO2/c1-3-15-14-12-7-5-4-6-11(12)10-13(14)17-9-8-16-2/h4-7,13-15H,3,8-10H2,1-2H3. The molecule has 94 valence electrons. The summed E-state index contributed by atoms with van der Waals surface area (Å²) in [6, 6.07) is 8.91. The van der Waals surface area contributed by atoms with Gasteiger partial charge in [-0.05, 0) is 17.7 Å². The highest BCUT2D eigenvalue weighted by atomic mass is 16.5. The number of nitrogens with one attached hydrogen (secondary N) is 1. The molecule has 0 saturated heterocycles. The van der Waals surface area contributed by atoms with Crippen molar-refractivity contribution >= 4 is 0 Å². The Hall–Kier alpha value is -0.900. The van der Waals surface area contributed by atoms with Crippen molar-refractivity contribution in [3.8, 4) is 0 Å². The van der Waals surface area contributed by atoms with Gasteiger partial charge in [-0.2, -0.15) is 0 Å². The number of ether oxygens (including phenoxy) is 2. The van der Waals surface area contributed by atoms with Crippen molar-refractivity contribution in [2.45, 2.75) is 25.5 Å². The molecule has 0 saturated carbocycles. The maximum Gasteiger partial charge on any atom is 0.0811 e.